The van der Waals surface area contributed by atoms with Gasteiger partial charge in [0.1, 0.15) is 12.4 Å². The molecule has 2 amide bonds. The molecule has 2 aliphatic rings. The van der Waals surface area contributed by atoms with Gasteiger partial charge in [-0.05, 0) is 31.5 Å². The molecule has 0 saturated carbocycles. The van der Waals surface area contributed by atoms with Gasteiger partial charge in [-0.25, -0.2) is 0 Å². The lowest BCUT2D eigenvalue weighted by Crippen LogP contribution is -2.43. The molecular formula is C25H31N3O3. The lowest BCUT2D eigenvalue weighted by molar-refractivity contribution is -0.133. The maximum Gasteiger partial charge on any atom is 0.224 e. The quantitative estimate of drug-likeness (QED) is 0.779. The summed E-state index contributed by atoms with van der Waals surface area (Å²) in [6.07, 6.45) is 2.87. The molecule has 0 unspecified atom stereocenters. The van der Waals surface area contributed by atoms with E-state index in [1.54, 1.807) is 0 Å². The Bertz CT molecular complexity index is 902. The van der Waals surface area contributed by atoms with Gasteiger partial charge in [-0.15, -0.1) is 0 Å². The second-order valence-electron chi connectivity index (χ2n) is 8.49. The molecular weight excluding hydrogens is 390 g/mol. The van der Waals surface area contributed by atoms with E-state index in [0.29, 0.717) is 39.1 Å². The predicted molar refractivity (Wildman–Crippen MR) is 120 cm³/mol. The van der Waals surface area contributed by atoms with Crippen LogP contribution in [0.25, 0.3) is 0 Å². The molecule has 0 radical (unpaired) electrons. The van der Waals surface area contributed by atoms with Crippen LogP contribution in [0.15, 0.2) is 54.6 Å². The second kappa shape index (κ2) is 9.96. The molecule has 31 heavy (non-hydrogen) atoms. The highest BCUT2D eigenvalue weighted by Crippen LogP contribution is 2.27. The fourth-order valence-electron chi connectivity index (χ4n) is 4.53. The van der Waals surface area contributed by atoms with Crippen molar-refractivity contribution in [2.45, 2.75) is 44.3 Å². The fourth-order valence-corrected chi connectivity index (χ4v) is 4.53. The Morgan fingerprint density at radius 3 is 2.61 bits per heavy atom. The first kappa shape index (κ1) is 21.4. The smallest absolute Gasteiger partial charge is 0.224 e. The molecule has 0 spiro atoms. The zero-order valence-corrected chi connectivity index (χ0v) is 18.1. The molecule has 2 aromatic carbocycles. The van der Waals surface area contributed by atoms with Crippen molar-refractivity contribution in [3.05, 3.63) is 65.7 Å². The monoisotopic (exact) mass is 421 g/mol. The van der Waals surface area contributed by atoms with E-state index in [4.69, 9.17) is 4.74 Å². The summed E-state index contributed by atoms with van der Waals surface area (Å²) in [5.74, 6) is 1.09. The summed E-state index contributed by atoms with van der Waals surface area (Å²) in [4.78, 5) is 29.5. The molecule has 2 aliphatic heterocycles. The Morgan fingerprint density at radius 1 is 1.03 bits per heavy atom. The second-order valence-corrected chi connectivity index (χ2v) is 8.49. The molecule has 1 saturated heterocycles. The largest absolute Gasteiger partial charge is 0.491 e. The standard InChI is InChI=1S/C25H31N3O3/c1-27-21(11-12-22(27)17-26-24(29)15-19-7-3-2-4-8-19)16-25(30)28-13-14-31-23-10-6-5-9-20(23)18-28/h2-10,21-22H,11-18H2,1H3,(H,26,29)/t21-,22+/m1/s1. The Morgan fingerprint density at radius 2 is 1.77 bits per heavy atom. The van der Waals surface area contributed by atoms with E-state index in [2.05, 4.69) is 17.3 Å². The van der Waals surface area contributed by atoms with Crippen LogP contribution in [-0.4, -0.2) is 60.4 Å². The normalized spacial score (nSPS) is 21.1. The molecule has 2 aromatic rings. The first-order valence-corrected chi connectivity index (χ1v) is 11.1. The van der Waals surface area contributed by atoms with Gasteiger partial charge in [0.05, 0.1) is 13.0 Å². The average Bonchev–Trinajstić information content (AvgIpc) is 2.98. The SMILES string of the molecule is CN1[C@@H](CC(=O)N2CCOc3ccccc3C2)CC[C@H]1CNC(=O)Cc1ccccc1. The zero-order chi connectivity index (χ0) is 21.6. The maximum absolute atomic E-state index is 13.0. The predicted octanol–water partition coefficient (Wildman–Crippen LogP) is 2.62. The lowest BCUT2D eigenvalue weighted by Gasteiger charge is -2.28. The van der Waals surface area contributed by atoms with Crippen LogP contribution in [0.4, 0.5) is 0 Å². The number of fused-ring (bicyclic) bond motifs is 1. The van der Waals surface area contributed by atoms with Crippen molar-refractivity contribution in [3.8, 4) is 5.75 Å². The van der Waals surface area contributed by atoms with Crippen molar-refractivity contribution in [1.82, 2.24) is 15.1 Å². The van der Waals surface area contributed by atoms with Crippen LogP contribution in [0, 0.1) is 0 Å². The number of hydrogen-bond acceptors (Lipinski definition) is 4. The number of likely N-dealkylation sites (tertiary alicyclic amines) is 1. The summed E-state index contributed by atoms with van der Waals surface area (Å²) < 4.78 is 5.79. The molecule has 0 aliphatic carbocycles. The Hall–Kier alpha value is -2.86. The molecule has 0 aromatic heterocycles. The highest BCUT2D eigenvalue weighted by Gasteiger charge is 2.33. The van der Waals surface area contributed by atoms with Gasteiger partial charge in [0.2, 0.25) is 11.8 Å². The van der Waals surface area contributed by atoms with Crippen molar-refractivity contribution in [2.75, 3.05) is 26.7 Å². The number of rotatable bonds is 6. The van der Waals surface area contributed by atoms with E-state index in [1.165, 1.54) is 0 Å². The molecule has 2 atom stereocenters. The zero-order valence-electron chi connectivity index (χ0n) is 18.1. The lowest BCUT2D eigenvalue weighted by atomic mass is 10.1. The van der Waals surface area contributed by atoms with Crippen LogP contribution in [0.2, 0.25) is 0 Å². The van der Waals surface area contributed by atoms with Crippen molar-refractivity contribution in [1.29, 1.82) is 0 Å². The molecule has 2 heterocycles. The number of carbonyl (C=O) groups excluding carboxylic acids is 2. The van der Waals surface area contributed by atoms with Gasteiger partial charge in [0.25, 0.3) is 0 Å². The third kappa shape index (κ3) is 5.44. The minimum atomic E-state index is 0.0439. The first-order chi connectivity index (χ1) is 15.1. The van der Waals surface area contributed by atoms with Crippen molar-refractivity contribution in [2.24, 2.45) is 0 Å². The maximum atomic E-state index is 13.0. The number of nitrogens with one attached hydrogen (secondary N) is 1. The molecule has 1 fully saturated rings. The Kier molecular flexibility index (Phi) is 6.87. The highest BCUT2D eigenvalue weighted by molar-refractivity contribution is 5.78. The van der Waals surface area contributed by atoms with Gasteiger partial charge in [0.15, 0.2) is 0 Å². The minimum Gasteiger partial charge on any atom is -0.491 e. The van der Waals surface area contributed by atoms with Gasteiger partial charge in [-0.1, -0.05) is 48.5 Å². The summed E-state index contributed by atoms with van der Waals surface area (Å²) in [7, 11) is 2.07. The molecule has 6 nitrogen and oxygen atoms in total. The van der Waals surface area contributed by atoms with Gasteiger partial charge < -0.3 is 15.0 Å². The van der Waals surface area contributed by atoms with Crippen LogP contribution in [0.3, 0.4) is 0 Å². The third-order valence-corrected chi connectivity index (χ3v) is 6.44. The van der Waals surface area contributed by atoms with E-state index in [-0.39, 0.29) is 23.9 Å². The average molecular weight is 422 g/mol. The number of amides is 2. The van der Waals surface area contributed by atoms with E-state index >= 15 is 0 Å². The Balaban J connectivity index is 1.25. The van der Waals surface area contributed by atoms with Gasteiger partial charge in [0, 0.05) is 37.2 Å². The van der Waals surface area contributed by atoms with Crippen LogP contribution in [0.5, 0.6) is 5.75 Å². The molecule has 6 heteroatoms. The Labute approximate surface area is 184 Å². The first-order valence-electron chi connectivity index (χ1n) is 11.1. The molecule has 164 valence electrons. The summed E-state index contributed by atoms with van der Waals surface area (Å²) in [5.41, 5.74) is 2.08. The van der Waals surface area contributed by atoms with E-state index in [1.807, 2.05) is 59.5 Å². The van der Waals surface area contributed by atoms with Crippen LogP contribution in [-0.2, 0) is 22.6 Å². The number of carbonyl (C=O) groups is 2. The minimum absolute atomic E-state index is 0.0439. The van der Waals surface area contributed by atoms with Crippen molar-refractivity contribution in [3.63, 3.8) is 0 Å². The fraction of sp³-hybridized carbons (Fsp3) is 0.440. The highest BCUT2D eigenvalue weighted by atomic mass is 16.5. The summed E-state index contributed by atoms with van der Waals surface area (Å²) in [6.45, 7) is 2.37. The van der Waals surface area contributed by atoms with Crippen molar-refractivity contribution < 1.29 is 14.3 Å². The number of para-hydroxylation sites is 1. The molecule has 1 N–H and O–H groups in total. The van der Waals surface area contributed by atoms with E-state index < -0.39 is 0 Å². The van der Waals surface area contributed by atoms with Gasteiger partial charge in [-0.3, -0.25) is 14.5 Å². The topological polar surface area (TPSA) is 61.9 Å². The van der Waals surface area contributed by atoms with Crippen LogP contribution >= 0.6 is 0 Å². The number of nitrogens with zero attached hydrogens (tertiary/aromatic N) is 2. The number of ether oxygens (including phenoxy) is 1. The number of hydrogen-bond donors (Lipinski definition) is 1. The summed E-state index contributed by atoms with van der Waals surface area (Å²) >= 11 is 0. The summed E-state index contributed by atoms with van der Waals surface area (Å²) in [6, 6.07) is 18.2. The third-order valence-electron chi connectivity index (χ3n) is 6.44. The molecule has 4 rings (SSSR count). The molecule has 0 bridgehead atoms. The van der Waals surface area contributed by atoms with E-state index in [0.717, 1.165) is 29.7 Å². The van der Waals surface area contributed by atoms with Crippen molar-refractivity contribution >= 4 is 11.8 Å². The van der Waals surface area contributed by atoms with Gasteiger partial charge >= 0.3 is 0 Å². The van der Waals surface area contributed by atoms with Crippen LogP contribution in [0.1, 0.15) is 30.4 Å². The van der Waals surface area contributed by atoms with Gasteiger partial charge in [-0.2, -0.15) is 0 Å². The van der Waals surface area contributed by atoms with E-state index in [9.17, 15) is 9.59 Å². The number of benzene rings is 2. The number of likely N-dealkylation sites (N-methyl/N-ethyl adjacent to an activating group) is 1. The van der Waals surface area contributed by atoms with Crippen LogP contribution < -0.4 is 10.1 Å². The summed E-state index contributed by atoms with van der Waals surface area (Å²) in [5, 5.41) is 3.07.